The molecule has 0 aliphatic carbocycles. The maximum atomic E-state index is 12.4. The summed E-state index contributed by atoms with van der Waals surface area (Å²) in [5.74, 6) is 0.379. The van der Waals surface area contributed by atoms with Crippen molar-refractivity contribution in [1.82, 2.24) is 10.2 Å². The van der Waals surface area contributed by atoms with Gasteiger partial charge in [0.2, 0.25) is 0 Å². The van der Waals surface area contributed by atoms with Crippen LogP contribution in [0, 0.1) is 0 Å². The molecule has 1 amide bonds. The lowest BCUT2D eigenvalue weighted by atomic mass is 10.0. The third-order valence-electron chi connectivity index (χ3n) is 4.60. The standard InChI is InChI=1S/C22H26N2O4/c25-21(23-11-4-12-24-13-15-27-16-14-24)17-28-20-9-7-19(8-10-20)22(26)18-5-2-1-3-6-18/h1-3,5-10H,4,11-17H2,(H,23,25). The smallest absolute Gasteiger partial charge is 0.257 e. The minimum absolute atomic E-state index is 0.0369. The van der Waals surface area contributed by atoms with Crippen molar-refractivity contribution in [1.29, 1.82) is 0 Å². The fourth-order valence-corrected chi connectivity index (χ4v) is 3.01. The molecule has 0 atom stereocenters. The Morgan fingerprint density at radius 2 is 1.64 bits per heavy atom. The molecule has 28 heavy (non-hydrogen) atoms. The number of nitrogens with zero attached hydrogens (tertiary/aromatic N) is 1. The van der Waals surface area contributed by atoms with Crippen LogP contribution in [0.25, 0.3) is 0 Å². The van der Waals surface area contributed by atoms with E-state index in [9.17, 15) is 9.59 Å². The second-order valence-electron chi connectivity index (χ2n) is 6.67. The number of rotatable bonds is 9. The number of morpholine rings is 1. The summed E-state index contributed by atoms with van der Waals surface area (Å²) in [6.07, 6.45) is 0.905. The highest BCUT2D eigenvalue weighted by atomic mass is 16.5. The van der Waals surface area contributed by atoms with Gasteiger partial charge in [0.25, 0.3) is 5.91 Å². The number of hydrogen-bond acceptors (Lipinski definition) is 5. The molecule has 1 aliphatic heterocycles. The van der Waals surface area contributed by atoms with Crippen LogP contribution in [0.1, 0.15) is 22.3 Å². The predicted molar refractivity (Wildman–Crippen MR) is 107 cm³/mol. The van der Waals surface area contributed by atoms with E-state index in [1.807, 2.05) is 18.2 Å². The first-order valence-electron chi connectivity index (χ1n) is 9.62. The molecular formula is C22H26N2O4. The Hall–Kier alpha value is -2.70. The first-order valence-corrected chi connectivity index (χ1v) is 9.62. The number of ketones is 1. The van der Waals surface area contributed by atoms with Crippen LogP contribution < -0.4 is 10.1 Å². The largest absolute Gasteiger partial charge is 0.484 e. The molecule has 2 aromatic rings. The summed E-state index contributed by atoms with van der Waals surface area (Å²) in [4.78, 5) is 26.6. The van der Waals surface area contributed by atoms with Gasteiger partial charge < -0.3 is 14.8 Å². The van der Waals surface area contributed by atoms with Crippen molar-refractivity contribution in [3.05, 3.63) is 65.7 Å². The number of carbonyl (C=O) groups excluding carboxylic acids is 2. The van der Waals surface area contributed by atoms with Crippen LogP contribution in [0.5, 0.6) is 5.75 Å². The molecule has 0 radical (unpaired) electrons. The highest BCUT2D eigenvalue weighted by Crippen LogP contribution is 2.15. The molecule has 0 saturated carbocycles. The molecule has 3 rings (SSSR count). The van der Waals surface area contributed by atoms with Crippen molar-refractivity contribution in [2.45, 2.75) is 6.42 Å². The molecule has 6 heteroatoms. The fourth-order valence-electron chi connectivity index (χ4n) is 3.01. The van der Waals surface area contributed by atoms with Crippen molar-refractivity contribution in [2.75, 3.05) is 46.0 Å². The quantitative estimate of drug-likeness (QED) is 0.532. The Morgan fingerprint density at radius 3 is 2.36 bits per heavy atom. The SMILES string of the molecule is O=C(COc1ccc(C(=O)c2ccccc2)cc1)NCCCN1CCOCC1. The molecule has 1 N–H and O–H groups in total. The normalized spacial score (nSPS) is 14.4. The molecule has 6 nitrogen and oxygen atoms in total. The van der Waals surface area contributed by atoms with Crippen molar-refractivity contribution in [3.63, 3.8) is 0 Å². The van der Waals surface area contributed by atoms with Gasteiger partial charge in [-0.1, -0.05) is 30.3 Å². The number of carbonyl (C=O) groups is 2. The van der Waals surface area contributed by atoms with Gasteiger partial charge in [0.05, 0.1) is 13.2 Å². The molecule has 0 unspecified atom stereocenters. The molecule has 148 valence electrons. The van der Waals surface area contributed by atoms with Crippen molar-refractivity contribution in [2.24, 2.45) is 0 Å². The molecule has 0 aromatic heterocycles. The van der Waals surface area contributed by atoms with Gasteiger partial charge in [-0.3, -0.25) is 14.5 Å². The third kappa shape index (κ3) is 6.18. The lowest BCUT2D eigenvalue weighted by Gasteiger charge is -2.26. The molecule has 1 heterocycles. The van der Waals surface area contributed by atoms with Crippen LogP contribution in [0.4, 0.5) is 0 Å². The lowest BCUT2D eigenvalue weighted by Crippen LogP contribution is -2.38. The van der Waals surface area contributed by atoms with E-state index < -0.39 is 0 Å². The molecule has 2 aromatic carbocycles. The maximum Gasteiger partial charge on any atom is 0.257 e. The zero-order valence-corrected chi connectivity index (χ0v) is 15.9. The Kier molecular flexibility index (Phi) is 7.58. The van der Waals surface area contributed by atoms with E-state index in [0.717, 1.165) is 39.3 Å². The van der Waals surface area contributed by atoms with Gasteiger partial charge in [-0.2, -0.15) is 0 Å². The summed E-state index contributed by atoms with van der Waals surface area (Å²) in [5.41, 5.74) is 1.23. The lowest BCUT2D eigenvalue weighted by molar-refractivity contribution is -0.123. The van der Waals surface area contributed by atoms with E-state index in [4.69, 9.17) is 9.47 Å². The Bertz CT molecular complexity index is 756. The molecule has 0 bridgehead atoms. The molecule has 0 spiro atoms. The van der Waals surface area contributed by atoms with Gasteiger partial charge in [0.1, 0.15) is 5.75 Å². The van der Waals surface area contributed by atoms with E-state index in [2.05, 4.69) is 10.2 Å². The maximum absolute atomic E-state index is 12.4. The first kappa shape index (κ1) is 20.0. The Labute approximate surface area is 165 Å². The highest BCUT2D eigenvalue weighted by Gasteiger charge is 2.10. The Morgan fingerprint density at radius 1 is 0.964 bits per heavy atom. The minimum Gasteiger partial charge on any atom is -0.484 e. The number of hydrogen-bond donors (Lipinski definition) is 1. The van der Waals surface area contributed by atoms with Gasteiger partial charge in [0.15, 0.2) is 12.4 Å². The molecule has 1 saturated heterocycles. The second-order valence-corrected chi connectivity index (χ2v) is 6.67. The topological polar surface area (TPSA) is 67.9 Å². The van der Waals surface area contributed by atoms with E-state index in [1.165, 1.54) is 0 Å². The van der Waals surface area contributed by atoms with E-state index in [1.54, 1.807) is 36.4 Å². The van der Waals surface area contributed by atoms with E-state index >= 15 is 0 Å². The summed E-state index contributed by atoms with van der Waals surface area (Å²) in [7, 11) is 0. The monoisotopic (exact) mass is 382 g/mol. The van der Waals surface area contributed by atoms with Crippen molar-refractivity contribution in [3.8, 4) is 5.75 Å². The van der Waals surface area contributed by atoms with Gasteiger partial charge in [0, 0.05) is 30.8 Å². The van der Waals surface area contributed by atoms with E-state index in [-0.39, 0.29) is 18.3 Å². The van der Waals surface area contributed by atoms with Crippen LogP contribution in [0.3, 0.4) is 0 Å². The molecule has 1 fully saturated rings. The van der Waals surface area contributed by atoms with Gasteiger partial charge >= 0.3 is 0 Å². The predicted octanol–water partition coefficient (Wildman–Crippen LogP) is 2.13. The Balaban J connectivity index is 1.36. The average Bonchev–Trinajstić information content (AvgIpc) is 2.76. The zero-order valence-electron chi connectivity index (χ0n) is 15.9. The number of amides is 1. The summed E-state index contributed by atoms with van der Waals surface area (Å²) in [5, 5.41) is 2.87. The fraction of sp³-hybridized carbons (Fsp3) is 0.364. The van der Waals surface area contributed by atoms with E-state index in [0.29, 0.717) is 23.4 Å². The summed E-state index contributed by atoms with van der Waals surface area (Å²) < 4.78 is 10.8. The number of ether oxygens (including phenoxy) is 2. The van der Waals surface area contributed by atoms with Crippen LogP contribution in [0.2, 0.25) is 0 Å². The molecule has 1 aliphatic rings. The van der Waals surface area contributed by atoms with Gasteiger partial charge in [-0.15, -0.1) is 0 Å². The van der Waals surface area contributed by atoms with Crippen molar-refractivity contribution < 1.29 is 19.1 Å². The summed E-state index contributed by atoms with van der Waals surface area (Å²) in [6, 6.07) is 16.0. The number of benzene rings is 2. The summed E-state index contributed by atoms with van der Waals surface area (Å²) in [6.45, 7) is 5.04. The molecular weight excluding hydrogens is 356 g/mol. The first-order chi connectivity index (χ1) is 13.7. The van der Waals surface area contributed by atoms with Gasteiger partial charge in [-0.05, 0) is 37.2 Å². The van der Waals surface area contributed by atoms with Crippen LogP contribution in [0.15, 0.2) is 54.6 Å². The van der Waals surface area contributed by atoms with Crippen LogP contribution in [-0.2, 0) is 9.53 Å². The average molecular weight is 382 g/mol. The van der Waals surface area contributed by atoms with Crippen LogP contribution in [-0.4, -0.2) is 62.6 Å². The third-order valence-corrected chi connectivity index (χ3v) is 4.60. The second kappa shape index (κ2) is 10.6. The zero-order chi connectivity index (χ0) is 19.6. The minimum atomic E-state index is -0.147. The highest BCUT2D eigenvalue weighted by molar-refractivity contribution is 6.08. The van der Waals surface area contributed by atoms with Crippen LogP contribution >= 0.6 is 0 Å². The van der Waals surface area contributed by atoms with Gasteiger partial charge in [-0.25, -0.2) is 0 Å². The summed E-state index contributed by atoms with van der Waals surface area (Å²) >= 11 is 0. The number of nitrogens with one attached hydrogen (secondary N) is 1. The van der Waals surface area contributed by atoms with Crippen molar-refractivity contribution >= 4 is 11.7 Å².